The summed E-state index contributed by atoms with van der Waals surface area (Å²) in [5.41, 5.74) is 0.654. The Labute approximate surface area is 290 Å². The van der Waals surface area contributed by atoms with E-state index in [0.717, 1.165) is 10.8 Å². The van der Waals surface area contributed by atoms with Crippen LogP contribution in [0, 0.1) is 0 Å². The van der Waals surface area contributed by atoms with Crippen LogP contribution in [0.5, 0.6) is 11.5 Å². The normalized spacial score (nSPS) is 11.9. The smallest absolute Gasteiger partial charge is 0.174 e. The maximum atomic E-state index is 15.7. The second kappa shape index (κ2) is 12.7. The second-order valence-electron chi connectivity index (χ2n) is 12.2. The molecule has 50 heavy (non-hydrogen) atoms. The van der Waals surface area contributed by atoms with Crippen molar-refractivity contribution in [2.24, 2.45) is 0 Å². The number of fused-ring (bicyclic) bond motifs is 2. The molecule has 8 aromatic carbocycles. The molecule has 0 radical (unpaired) electrons. The molecule has 0 saturated carbocycles. The van der Waals surface area contributed by atoms with Crippen molar-refractivity contribution in [2.45, 2.75) is 0 Å². The van der Waals surface area contributed by atoms with Crippen LogP contribution in [0.15, 0.2) is 182 Å². The van der Waals surface area contributed by atoms with E-state index in [0.29, 0.717) is 43.1 Å². The number of hydrogen-bond acceptors (Lipinski definition) is 4. The van der Waals surface area contributed by atoms with Crippen LogP contribution in [-0.4, -0.2) is 10.2 Å². The highest BCUT2D eigenvalue weighted by Gasteiger charge is 2.37. The molecule has 4 nitrogen and oxygen atoms in total. The number of aromatic hydroxyl groups is 2. The summed E-state index contributed by atoms with van der Waals surface area (Å²) in [4.78, 5) is 0. The average Bonchev–Trinajstić information content (AvgIpc) is 3.18. The van der Waals surface area contributed by atoms with E-state index < -0.39 is 14.3 Å². The van der Waals surface area contributed by atoms with Gasteiger partial charge in [0.25, 0.3) is 0 Å². The van der Waals surface area contributed by atoms with Gasteiger partial charge in [0.05, 0.1) is 10.6 Å². The largest absolute Gasteiger partial charge is 0.506 e. The summed E-state index contributed by atoms with van der Waals surface area (Å²) < 4.78 is 31.5. The number of rotatable bonds is 7. The van der Waals surface area contributed by atoms with Crippen LogP contribution < -0.4 is 31.8 Å². The molecule has 0 aliphatic heterocycles. The fourth-order valence-corrected chi connectivity index (χ4v) is 12.6. The van der Waals surface area contributed by atoms with E-state index in [1.807, 2.05) is 170 Å². The molecule has 0 fully saturated rings. The van der Waals surface area contributed by atoms with Gasteiger partial charge in [-0.15, -0.1) is 0 Å². The van der Waals surface area contributed by atoms with Gasteiger partial charge in [-0.1, -0.05) is 170 Å². The minimum atomic E-state index is -3.67. The van der Waals surface area contributed by atoms with Crippen LogP contribution in [-0.2, 0) is 9.13 Å². The number of phenolic OH excluding ortho intramolecular Hbond substituents is 2. The predicted octanol–water partition coefficient (Wildman–Crippen LogP) is 8.35. The third-order valence-electron chi connectivity index (χ3n) is 9.41. The molecule has 0 spiro atoms. The van der Waals surface area contributed by atoms with Gasteiger partial charge in [-0.05, 0) is 33.7 Å². The lowest BCUT2D eigenvalue weighted by Gasteiger charge is -2.26. The van der Waals surface area contributed by atoms with Crippen LogP contribution in [0.1, 0.15) is 0 Å². The Morgan fingerprint density at radius 1 is 0.340 bits per heavy atom. The lowest BCUT2D eigenvalue weighted by molar-refractivity contribution is 0.474. The highest BCUT2D eigenvalue weighted by atomic mass is 31.2. The Kier molecular flexibility index (Phi) is 8.00. The van der Waals surface area contributed by atoms with Gasteiger partial charge in [-0.3, -0.25) is 0 Å². The molecule has 0 saturated heterocycles. The summed E-state index contributed by atoms with van der Waals surface area (Å²) in [6, 6.07) is 55.6. The summed E-state index contributed by atoms with van der Waals surface area (Å²) >= 11 is 0. The van der Waals surface area contributed by atoms with Crippen LogP contribution >= 0.6 is 14.3 Å². The van der Waals surface area contributed by atoms with Crippen molar-refractivity contribution < 1.29 is 19.3 Å². The molecule has 242 valence electrons. The van der Waals surface area contributed by atoms with Gasteiger partial charge in [0.2, 0.25) is 0 Å². The van der Waals surface area contributed by atoms with Gasteiger partial charge >= 0.3 is 0 Å². The zero-order valence-electron chi connectivity index (χ0n) is 26.9. The zero-order valence-corrected chi connectivity index (χ0v) is 28.7. The molecule has 8 rings (SSSR count). The summed E-state index contributed by atoms with van der Waals surface area (Å²) in [6.45, 7) is 0. The molecule has 8 aromatic rings. The lowest BCUT2D eigenvalue weighted by atomic mass is 9.92. The summed E-state index contributed by atoms with van der Waals surface area (Å²) in [7, 11) is -7.34. The summed E-state index contributed by atoms with van der Waals surface area (Å²) in [5, 5.41) is 30.9. The Morgan fingerprint density at radius 2 is 0.600 bits per heavy atom. The number of benzene rings is 8. The van der Waals surface area contributed by atoms with Gasteiger partial charge in [0.1, 0.15) is 11.5 Å². The first-order valence-electron chi connectivity index (χ1n) is 16.4. The van der Waals surface area contributed by atoms with E-state index in [1.54, 1.807) is 12.1 Å². The molecule has 6 heteroatoms. The Bertz CT molecular complexity index is 2330. The Morgan fingerprint density at radius 3 is 0.900 bits per heavy atom. The van der Waals surface area contributed by atoms with E-state index in [9.17, 15) is 10.2 Å². The molecule has 0 heterocycles. The number of phenols is 2. The Hall–Kier alpha value is -5.66. The molecular weight excluding hydrogens is 654 g/mol. The highest BCUT2D eigenvalue weighted by molar-refractivity contribution is 7.86. The van der Waals surface area contributed by atoms with Crippen LogP contribution in [0.4, 0.5) is 0 Å². The van der Waals surface area contributed by atoms with E-state index >= 15 is 9.13 Å². The second-order valence-corrected chi connectivity index (χ2v) is 17.7. The van der Waals surface area contributed by atoms with Crippen molar-refractivity contribution in [2.75, 3.05) is 0 Å². The van der Waals surface area contributed by atoms with Crippen molar-refractivity contribution in [1.29, 1.82) is 0 Å². The third-order valence-corrected chi connectivity index (χ3v) is 15.6. The van der Waals surface area contributed by atoms with E-state index in [1.165, 1.54) is 0 Å². The minimum Gasteiger partial charge on any atom is -0.506 e. The van der Waals surface area contributed by atoms with Crippen molar-refractivity contribution in [3.05, 3.63) is 182 Å². The first kappa shape index (κ1) is 31.6. The van der Waals surface area contributed by atoms with Crippen LogP contribution in [0.25, 0.3) is 32.7 Å². The van der Waals surface area contributed by atoms with Crippen molar-refractivity contribution >= 4 is 67.7 Å². The third kappa shape index (κ3) is 5.00. The van der Waals surface area contributed by atoms with Crippen LogP contribution in [0.3, 0.4) is 0 Å². The molecule has 0 bridgehead atoms. The average molecular weight is 687 g/mol. The molecule has 0 aliphatic rings. The number of hydrogen-bond donors (Lipinski definition) is 2. The monoisotopic (exact) mass is 686 g/mol. The fourth-order valence-electron chi connectivity index (χ4n) is 7.04. The topological polar surface area (TPSA) is 74.6 Å². The van der Waals surface area contributed by atoms with Gasteiger partial charge in [0, 0.05) is 32.3 Å². The standard InChI is InChI=1S/C44H32O4P2/c45-43-39(49(47,33-19-5-1-6-20-33)34-21-7-2-8-22-34)29-31-17-13-15-27-37(31)41(43)42-38-28-16-14-18-32(38)30-40(44(42)46)50(48,35-23-9-3-10-24-35)36-25-11-4-12-26-36/h1-30,45-46H. The molecule has 0 aliphatic carbocycles. The van der Waals surface area contributed by atoms with E-state index in [2.05, 4.69) is 0 Å². The predicted molar refractivity (Wildman–Crippen MR) is 209 cm³/mol. The lowest BCUT2D eigenvalue weighted by Crippen LogP contribution is -2.26. The molecule has 0 aromatic heterocycles. The van der Waals surface area contributed by atoms with Gasteiger partial charge in [0.15, 0.2) is 14.3 Å². The van der Waals surface area contributed by atoms with Gasteiger partial charge in [-0.2, -0.15) is 0 Å². The van der Waals surface area contributed by atoms with Crippen LogP contribution in [0.2, 0.25) is 0 Å². The highest BCUT2D eigenvalue weighted by Crippen LogP contribution is 2.54. The molecule has 0 unspecified atom stereocenters. The summed E-state index contributed by atoms with van der Waals surface area (Å²) in [6.07, 6.45) is 0. The van der Waals surface area contributed by atoms with E-state index in [4.69, 9.17) is 0 Å². The quantitative estimate of drug-likeness (QED) is 0.165. The maximum Gasteiger partial charge on any atom is 0.174 e. The Balaban J connectivity index is 1.53. The van der Waals surface area contributed by atoms with Crippen molar-refractivity contribution in [3.63, 3.8) is 0 Å². The minimum absolute atomic E-state index is 0.202. The first-order chi connectivity index (χ1) is 24.4. The van der Waals surface area contributed by atoms with Gasteiger partial charge < -0.3 is 19.3 Å². The zero-order chi connectivity index (χ0) is 34.3. The first-order valence-corrected chi connectivity index (χ1v) is 19.8. The fraction of sp³-hybridized carbons (Fsp3) is 0. The molecular formula is C44H32O4P2. The SMILES string of the molecule is O=P(c1ccccc1)(c1ccccc1)c1cc2ccccc2c(-c2c(O)c(P(=O)(c3ccccc3)c3ccccc3)cc3ccccc23)c1O. The van der Waals surface area contributed by atoms with Gasteiger partial charge in [-0.25, -0.2) is 0 Å². The van der Waals surface area contributed by atoms with Crippen molar-refractivity contribution in [1.82, 2.24) is 0 Å². The van der Waals surface area contributed by atoms with E-state index in [-0.39, 0.29) is 22.1 Å². The molecule has 2 N–H and O–H groups in total. The maximum absolute atomic E-state index is 15.7. The van der Waals surface area contributed by atoms with Crippen molar-refractivity contribution in [3.8, 4) is 22.6 Å². The molecule has 0 atom stereocenters. The summed E-state index contributed by atoms with van der Waals surface area (Å²) in [5.74, 6) is -0.404. The molecule has 0 amide bonds.